The minimum absolute atomic E-state index is 0.0287. The van der Waals surface area contributed by atoms with E-state index in [4.69, 9.17) is 27.9 Å². The molecule has 0 unspecified atom stereocenters. The number of aromatic nitrogens is 4. The van der Waals surface area contributed by atoms with Gasteiger partial charge in [-0.05, 0) is 12.1 Å². The number of hydrogen-bond donors (Lipinski definition) is 1. The van der Waals surface area contributed by atoms with Gasteiger partial charge in [0.2, 0.25) is 5.88 Å². The van der Waals surface area contributed by atoms with Crippen molar-refractivity contribution in [3.63, 3.8) is 0 Å². The number of benzene rings is 1. The quantitative estimate of drug-likeness (QED) is 0.737. The SMILES string of the molecule is COc1nn(C)c2ncnc(NS(=O)(=O)c3cccc(Cl)c3Cl)c12. The summed E-state index contributed by atoms with van der Waals surface area (Å²) in [6.45, 7) is 0. The van der Waals surface area contributed by atoms with E-state index in [-0.39, 0.29) is 26.6 Å². The smallest absolute Gasteiger partial charge is 0.264 e. The largest absolute Gasteiger partial charge is 0.479 e. The molecule has 0 amide bonds. The predicted molar refractivity (Wildman–Crippen MR) is 90.1 cm³/mol. The molecular weight excluding hydrogens is 377 g/mol. The van der Waals surface area contributed by atoms with Crippen LogP contribution in [0.15, 0.2) is 29.4 Å². The number of fused-ring (bicyclic) bond motifs is 1. The number of halogens is 2. The maximum absolute atomic E-state index is 12.6. The predicted octanol–water partition coefficient (Wildman–Crippen LogP) is 2.48. The van der Waals surface area contributed by atoms with Gasteiger partial charge in [0.1, 0.15) is 16.6 Å². The molecule has 24 heavy (non-hydrogen) atoms. The second-order valence-electron chi connectivity index (χ2n) is 4.71. The van der Waals surface area contributed by atoms with E-state index >= 15 is 0 Å². The highest BCUT2D eigenvalue weighted by Crippen LogP contribution is 2.33. The number of aryl methyl sites for hydroxylation is 1. The third kappa shape index (κ3) is 2.74. The van der Waals surface area contributed by atoms with Gasteiger partial charge in [0.05, 0.1) is 17.2 Å². The van der Waals surface area contributed by atoms with Crippen LogP contribution in [0.5, 0.6) is 5.88 Å². The Bertz CT molecular complexity index is 1040. The first-order valence-electron chi connectivity index (χ1n) is 6.53. The van der Waals surface area contributed by atoms with E-state index in [0.29, 0.717) is 11.0 Å². The average molecular weight is 388 g/mol. The monoisotopic (exact) mass is 387 g/mol. The lowest BCUT2D eigenvalue weighted by Gasteiger charge is -2.10. The molecule has 0 aliphatic rings. The summed E-state index contributed by atoms with van der Waals surface area (Å²) >= 11 is 11.9. The minimum atomic E-state index is -4.02. The zero-order valence-electron chi connectivity index (χ0n) is 12.5. The van der Waals surface area contributed by atoms with Gasteiger partial charge in [-0.25, -0.2) is 23.1 Å². The van der Waals surface area contributed by atoms with E-state index in [1.165, 1.54) is 36.3 Å². The first-order valence-corrected chi connectivity index (χ1v) is 8.77. The summed E-state index contributed by atoms with van der Waals surface area (Å²) < 4.78 is 34.3. The Labute approximate surface area is 147 Å². The highest BCUT2D eigenvalue weighted by molar-refractivity contribution is 7.92. The molecule has 2 aromatic heterocycles. The van der Waals surface area contributed by atoms with Crippen LogP contribution >= 0.6 is 23.2 Å². The van der Waals surface area contributed by atoms with Gasteiger partial charge in [0, 0.05) is 7.05 Å². The van der Waals surface area contributed by atoms with Crippen LogP contribution < -0.4 is 9.46 Å². The fraction of sp³-hybridized carbons (Fsp3) is 0.154. The highest BCUT2D eigenvalue weighted by atomic mass is 35.5. The lowest BCUT2D eigenvalue weighted by molar-refractivity contribution is 0.396. The molecule has 1 aromatic carbocycles. The van der Waals surface area contributed by atoms with Crippen LogP contribution in [0.1, 0.15) is 0 Å². The number of nitrogens with zero attached hydrogens (tertiary/aromatic N) is 4. The molecule has 3 aromatic rings. The lowest BCUT2D eigenvalue weighted by Crippen LogP contribution is -2.15. The van der Waals surface area contributed by atoms with Crippen molar-refractivity contribution in [3.8, 4) is 5.88 Å². The van der Waals surface area contributed by atoms with Crippen molar-refractivity contribution in [2.75, 3.05) is 11.8 Å². The summed E-state index contributed by atoms with van der Waals surface area (Å²) in [5.41, 5.74) is 0.414. The summed E-state index contributed by atoms with van der Waals surface area (Å²) in [7, 11) is -0.949. The molecule has 0 aliphatic heterocycles. The van der Waals surface area contributed by atoms with Crippen LogP contribution in [-0.4, -0.2) is 35.3 Å². The van der Waals surface area contributed by atoms with Gasteiger partial charge in [-0.2, -0.15) is 0 Å². The minimum Gasteiger partial charge on any atom is -0.479 e. The molecule has 0 saturated carbocycles. The van der Waals surface area contributed by atoms with Gasteiger partial charge in [-0.3, -0.25) is 4.72 Å². The van der Waals surface area contributed by atoms with Gasteiger partial charge in [0.15, 0.2) is 11.5 Å². The van der Waals surface area contributed by atoms with E-state index in [1.807, 2.05) is 0 Å². The van der Waals surface area contributed by atoms with Crippen molar-refractivity contribution in [2.24, 2.45) is 7.05 Å². The standard InChI is InChI=1S/C13H11Cl2N5O3S/c1-20-12-9(13(18-20)23-2)11(16-6-17-12)19-24(21,22)8-5-3-4-7(14)10(8)15/h3-6H,1-2H3,(H,16,17,19). The summed E-state index contributed by atoms with van der Waals surface area (Å²) in [5.74, 6) is 0.226. The molecule has 2 heterocycles. The van der Waals surface area contributed by atoms with Gasteiger partial charge < -0.3 is 4.74 Å². The molecule has 0 spiro atoms. The Kier molecular flexibility index (Phi) is 4.24. The van der Waals surface area contributed by atoms with Crippen molar-refractivity contribution in [1.29, 1.82) is 0 Å². The maximum atomic E-state index is 12.6. The number of ether oxygens (including phenoxy) is 1. The van der Waals surface area contributed by atoms with Gasteiger partial charge >= 0.3 is 0 Å². The van der Waals surface area contributed by atoms with Crippen LogP contribution in [-0.2, 0) is 17.1 Å². The van der Waals surface area contributed by atoms with Crippen molar-refractivity contribution in [3.05, 3.63) is 34.6 Å². The fourth-order valence-electron chi connectivity index (χ4n) is 2.15. The number of anilines is 1. The summed E-state index contributed by atoms with van der Waals surface area (Å²) in [6.07, 6.45) is 1.22. The Morgan fingerprint density at radius 2 is 2.00 bits per heavy atom. The van der Waals surface area contributed by atoms with Crippen LogP contribution in [0, 0.1) is 0 Å². The molecule has 11 heteroatoms. The normalized spacial score (nSPS) is 11.7. The van der Waals surface area contributed by atoms with Crippen LogP contribution in [0.4, 0.5) is 5.82 Å². The van der Waals surface area contributed by atoms with Crippen LogP contribution in [0.3, 0.4) is 0 Å². The number of rotatable bonds is 4. The van der Waals surface area contributed by atoms with Gasteiger partial charge in [-0.1, -0.05) is 29.3 Å². The number of hydrogen-bond acceptors (Lipinski definition) is 6. The van der Waals surface area contributed by atoms with E-state index in [1.54, 1.807) is 7.05 Å². The number of nitrogens with one attached hydrogen (secondary N) is 1. The molecule has 1 N–H and O–H groups in total. The molecule has 0 saturated heterocycles. The molecule has 8 nitrogen and oxygen atoms in total. The third-order valence-electron chi connectivity index (χ3n) is 3.22. The van der Waals surface area contributed by atoms with Crippen molar-refractivity contribution in [1.82, 2.24) is 19.7 Å². The van der Waals surface area contributed by atoms with Crippen molar-refractivity contribution in [2.45, 2.75) is 4.90 Å². The molecule has 0 atom stereocenters. The zero-order chi connectivity index (χ0) is 17.5. The fourth-order valence-corrected chi connectivity index (χ4v) is 3.93. The molecule has 126 valence electrons. The average Bonchev–Trinajstić information content (AvgIpc) is 2.87. The highest BCUT2D eigenvalue weighted by Gasteiger charge is 2.24. The molecular formula is C13H11Cl2N5O3S. The number of methoxy groups -OCH3 is 1. The Hall–Kier alpha value is -2.10. The van der Waals surface area contributed by atoms with Crippen molar-refractivity contribution < 1.29 is 13.2 Å². The number of sulfonamides is 1. The topological polar surface area (TPSA) is 99.0 Å². The molecule has 0 bridgehead atoms. The van der Waals surface area contributed by atoms with Gasteiger partial charge in [-0.15, -0.1) is 5.10 Å². The first kappa shape index (κ1) is 16.7. The second kappa shape index (κ2) is 6.08. The third-order valence-corrected chi connectivity index (χ3v) is 5.53. The van der Waals surface area contributed by atoms with Crippen molar-refractivity contribution >= 4 is 50.1 Å². The lowest BCUT2D eigenvalue weighted by atomic mass is 10.4. The van der Waals surface area contributed by atoms with E-state index in [0.717, 1.165) is 0 Å². The summed E-state index contributed by atoms with van der Waals surface area (Å²) in [6, 6.07) is 4.33. The molecule has 3 rings (SSSR count). The van der Waals surface area contributed by atoms with Crippen LogP contribution in [0.2, 0.25) is 10.0 Å². The molecule has 0 aliphatic carbocycles. The second-order valence-corrected chi connectivity index (χ2v) is 7.15. The maximum Gasteiger partial charge on any atom is 0.264 e. The molecule has 0 radical (unpaired) electrons. The Morgan fingerprint density at radius 1 is 1.25 bits per heavy atom. The van der Waals surface area contributed by atoms with E-state index in [2.05, 4.69) is 19.8 Å². The van der Waals surface area contributed by atoms with Crippen LogP contribution in [0.25, 0.3) is 11.0 Å². The Morgan fingerprint density at radius 3 is 2.71 bits per heavy atom. The summed E-state index contributed by atoms with van der Waals surface area (Å²) in [4.78, 5) is 7.89. The first-order chi connectivity index (χ1) is 11.3. The summed E-state index contributed by atoms with van der Waals surface area (Å²) in [5, 5.41) is 4.51. The molecule has 0 fully saturated rings. The van der Waals surface area contributed by atoms with Gasteiger partial charge in [0.25, 0.3) is 10.0 Å². The van der Waals surface area contributed by atoms with E-state index < -0.39 is 10.0 Å². The zero-order valence-corrected chi connectivity index (χ0v) is 14.8. The van der Waals surface area contributed by atoms with E-state index in [9.17, 15) is 8.42 Å². The Balaban J connectivity index is 2.14.